The Hall–Kier alpha value is -1.52. The summed E-state index contributed by atoms with van der Waals surface area (Å²) in [6, 6.07) is 12.5. The van der Waals surface area contributed by atoms with Crippen molar-refractivity contribution in [3.63, 3.8) is 0 Å². The molecule has 0 spiro atoms. The lowest BCUT2D eigenvalue weighted by molar-refractivity contribution is -0.0207. The van der Waals surface area contributed by atoms with E-state index in [1.807, 2.05) is 6.07 Å². The molecule has 0 aliphatic heterocycles. The second kappa shape index (κ2) is 8.20. The monoisotopic (exact) mass is 469 g/mol. The Morgan fingerprint density at radius 3 is 2.30 bits per heavy atom. The summed E-state index contributed by atoms with van der Waals surface area (Å²) in [7, 11) is 1.72. The Kier molecular flexibility index (Phi) is 5.57. The van der Waals surface area contributed by atoms with Crippen molar-refractivity contribution in [2.75, 3.05) is 7.11 Å². The molecule has 0 unspecified atom stereocenters. The first-order chi connectivity index (χ1) is 14.5. The number of nitrogens with one attached hydrogen (secondary N) is 1. The van der Waals surface area contributed by atoms with Crippen LogP contribution in [0.3, 0.4) is 0 Å². The van der Waals surface area contributed by atoms with Crippen molar-refractivity contribution in [2.45, 2.75) is 64.1 Å². The van der Waals surface area contributed by atoms with Crippen LogP contribution >= 0.6 is 15.9 Å². The zero-order chi connectivity index (χ0) is 20.7. The van der Waals surface area contributed by atoms with Gasteiger partial charge < -0.3 is 14.8 Å². The van der Waals surface area contributed by atoms with Crippen molar-refractivity contribution in [1.82, 2.24) is 5.32 Å². The molecule has 4 heteroatoms. The molecule has 0 aromatic heterocycles. The van der Waals surface area contributed by atoms with Gasteiger partial charge in [0.1, 0.15) is 6.61 Å². The molecule has 2 aromatic rings. The van der Waals surface area contributed by atoms with Crippen LogP contribution in [0.25, 0.3) is 0 Å². The zero-order valence-corrected chi connectivity index (χ0v) is 19.6. The van der Waals surface area contributed by atoms with Crippen molar-refractivity contribution < 1.29 is 9.47 Å². The molecule has 4 fully saturated rings. The second-order valence-electron chi connectivity index (χ2n) is 9.82. The first-order valence-corrected chi connectivity index (χ1v) is 12.1. The Labute approximate surface area is 188 Å². The average Bonchev–Trinajstić information content (AvgIpc) is 2.71. The van der Waals surface area contributed by atoms with Gasteiger partial charge in [-0.15, -0.1) is 0 Å². The highest BCUT2D eigenvalue weighted by Gasteiger charge is 2.50. The van der Waals surface area contributed by atoms with Crippen LogP contribution in [0.5, 0.6) is 11.5 Å². The van der Waals surface area contributed by atoms with Crippen molar-refractivity contribution >= 4 is 15.9 Å². The molecule has 1 N–H and O–H groups in total. The summed E-state index contributed by atoms with van der Waals surface area (Å²) in [6.45, 7) is 3.49. The molecular weight excluding hydrogens is 438 g/mol. The van der Waals surface area contributed by atoms with E-state index >= 15 is 0 Å². The van der Waals surface area contributed by atoms with Crippen LogP contribution in [-0.2, 0) is 13.2 Å². The number of rotatable bonds is 7. The molecule has 0 atom stereocenters. The molecule has 0 radical (unpaired) electrons. The molecular formula is C26H32BrNO2. The van der Waals surface area contributed by atoms with Gasteiger partial charge in [0.15, 0.2) is 11.5 Å². The number of ether oxygens (including phenoxy) is 2. The Morgan fingerprint density at radius 1 is 1.00 bits per heavy atom. The summed E-state index contributed by atoms with van der Waals surface area (Å²) in [6.07, 6.45) is 8.44. The smallest absolute Gasteiger partial charge is 0.167 e. The number of hydrogen-bond acceptors (Lipinski definition) is 3. The highest BCUT2D eigenvalue weighted by Crippen LogP contribution is 2.55. The molecule has 30 heavy (non-hydrogen) atoms. The van der Waals surface area contributed by atoms with Gasteiger partial charge in [0.25, 0.3) is 0 Å². The van der Waals surface area contributed by atoms with Gasteiger partial charge in [0.2, 0.25) is 0 Å². The van der Waals surface area contributed by atoms with Crippen molar-refractivity contribution in [3.05, 3.63) is 57.6 Å². The van der Waals surface area contributed by atoms with Gasteiger partial charge in [-0.3, -0.25) is 0 Å². The summed E-state index contributed by atoms with van der Waals surface area (Å²) in [5.74, 6) is 4.47. The maximum atomic E-state index is 6.38. The fraction of sp³-hybridized carbons (Fsp3) is 0.538. The fourth-order valence-electron chi connectivity index (χ4n) is 6.59. The molecule has 6 rings (SSSR count). The second-order valence-corrected chi connectivity index (χ2v) is 10.7. The molecule has 2 aromatic carbocycles. The molecule has 4 saturated carbocycles. The van der Waals surface area contributed by atoms with Crippen LogP contribution in [0, 0.1) is 24.7 Å². The van der Waals surface area contributed by atoms with Crippen molar-refractivity contribution in [3.8, 4) is 11.5 Å². The molecule has 4 bridgehead atoms. The zero-order valence-electron chi connectivity index (χ0n) is 18.0. The summed E-state index contributed by atoms with van der Waals surface area (Å²) in [4.78, 5) is 0. The summed E-state index contributed by atoms with van der Waals surface area (Å²) >= 11 is 3.79. The quantitative estimate of drug-likeness (QED) is 0.508. The van der Waals surface area contributed by atoms with E-state index < -0.39 is 0 Å². The third-order valence-electron chi connectivity index (χ3n) is 7.70. The number of benzene rings is 2. The molecule has 0 saturated heterocycles. The van der Waals surface area contributed by atoms with Gasteiger partial charge in [-0.1, -0.05) is 40.2 Å². The van der Waals surface area contributed by atoms with Crippen LogP contribution in [0.4, 0.5) is 0 Å². The summed E-state index contributed by atoms with van der Waals surface area (Å²) in [5.41, 5.74) is 3.95. The molecule has 4 aliphatic rings. The topological polar surface area (TPSA) is 30.5 Å². The molecule has 4 aliphatic carbocycles. The maximum absolute atomic E-state index is 6.38. The molecule has 3 nitrogen and oxygen atoms in total. The predicted octanol–water partition coefficient (Wildman–Crippen LogP) is 6.40. The van der Waals surface area contributed by atoms with Crippen LogP contribution in [0.2, 0.25) is 0 Å². The van der Waals surface area contributed by atoms with Crippen molar-refractivity contribution in [2.24, 2.45) is 17.8 Å². The first kappa shape index (κ1) is 20.4. The van der Waals surface area contributed by atoms with Gasteiger partial charge >= 0.3 is 0 Å². The Bertz CT molecular complexity index is 890. The average molecular weight is 470 g/mol. The van der Waals surface area contributed by atoms with Gasteiger partial charge in [-0.2, -0.15) is 0 Å². The molecule has 0 heterocycles. The van der Waals surface area contributed by atoms with Gasteiger partial charge in [0.05, 0.1) is 7.11 Å². The lowest BCUT2D eigenvalue weighted by Gasteiger charge is -2.57. The van der Waals surface area contributed by atoms with Gasteiger partial charge in [0, 0.05) is 22.1 Å². The maximum Gasteiger partial charge on any atom is 0.167 e. The van der Waals surface area contributed by atoms with E-state index in [1.54, 1.807) is 7.11 Å². The highest BCUT2D eigenvalue weighted by molar-refractivity contribution is 9.10. The minimum atomic E-state index is 0.324. The molecule has 160 valence electrons. The Morgan fingerprint density at radius 2 is 1.67 bits per heavy atom. The lowest BCUT2D eigenvalue weighted by Crippen LogP contribution is -2.58. The number of aryl methyl sites for hydroxylation is 1. The van der Waals surface area contributed by atoms with Crippen LogP contribution < -0.4 is 14.8 Å². The predicted molar refractivity (Wildman–Crippen MR) is 124 cm³/mol. The van der Waals surface area contributed by atoms with Crippen LogP contribution in [0.15, 0.2) is 40.9 Å². The van der Waals surface area contributed by atoms with E-state index in [4.69, 9.17) is 9.47 Å². The summed E-state index contributed by atoms with van der Waals surface area (Å²) in [5, 5.41) is 4.02. The highest BCUT2D eigenvalue weighted by atomic mass is 79.9. The van der Waals surface area contributed by atoms with E-state index in [9.17, 15) is 0 Å². The van der Waals surface area contributed by atoms with Crippen LogP contribution in [-0.4, -0.2) is 12.6 Å². The van der Waals surface area contributed by atoms with Gasteiger partial charge in [-0.05, 0) is 86.5 Å². The van der Waals surface area contributed by atoms with E-state index in [1.165, 1.54) is 55.2 Å². The van der Waals surface area contributed by atoms with Crippen molar-refractivity contribution in [1.29, 1.82) is 0 Å². The largest absolute Gasteiger partial charge is 0.493 e. The Balaban J connectivity index is 1.37. The minimum absolute atomic E-state index is 0.324. The van der Waals surface area contributed by atoms with Gasteiger partial charge in [-0.25, -0.2) is 0 Å². The van der Waals surface area contributed by atoms with Crippen LogP contribution in [0.1, 0.15) is 55.2 Å². The number of hydrogen-bond donors (Lipinski definition) is 1. The lowest BCUT2D eigenvalue weighted by atomic mass is 9.53. The van der Waals surface area contributed by atoms with E-state index in [-0.39, 0.29) is 0 Å². The third kappa shape index (κ3) is 3.89. The SMILES string of the molecule is COc1ccc(Br)c(CNC23CC4CC(CC(C4)C2)C3)c1OCc1ccccc1C. The fourth-order valence-corrected chi connectivity index (χ4v) is 7.04. The normalized spacial score (nSPS) is 29.2. The molecule has 0 amide bonds. The minimum Gasteiger partial charge on any atom is -0.493 e. The third-order valence-corrected chi connectivity index (χ3v) is 8.44. The van der Waals surface area contributed by atoms with E-state index in [2.05, 4.69) is 58.5 Å². The summed E-state index contributed by atoms with van der Waals surface area (Å²) < 4.78 is 13.1. The number of methoxy groups -OCH3 is 1. The first-order valence-electron chi connectivity index (χ1n) is 11.3. The standard InChI is InChI=1S/C26H32BrNO2/c1-17-5-3-4-6-21(17)16-30-25-22(23(27)7-8-24(25)29-2)15-28-26-12-18-9-19(13-26)11-20(10-18)14-26/h3-8,18-20,28H,9-16H2,1-2H3. The van der Waals surface area contributed by atoms with E-state index in [0.29, 0.717) is 12.1 Å². The number of halogens is 1. The van der Waals surface area contributed by atoms with E-state index in [0.717, 1.165) is 40.3 Å².